The number of nitrogens with one attached hydrogen (secondary N) is 1. The summed E-state index contributed by atoms with van der Waals surface area (Å²) in [6, 6.07) is 5.62. The molecular weight excluding hydrogens is 318 g/mol. The predicted octanol–water partition coefficient (Wildman–Crippen LogP) is 1.03. The fourth-order valence-corrected chi connectivity index (χ4v) is 3.70. The number of carbonyl (C=O) groups is 1. The smallest absolute Gasteiger partial charge is 0.225 e. The van der Waals surface area contributed by atoms with Gasteiger partial charge in [0.2, 0.25) is 11.9 Å². The average molecular weight is 339 g/mol. The maximum absolute atomic E-state index is 12.8. The number of hydrogen-bond donors (Lipinski definition) is 1. The van der Waals surface area contributed by atoms with Crippen LogP contribution in [-0.4, -0.2) is 46.7 Å². The SMILES string of the molecule is O=C(NCc1cccnc1)[C@@H]1CN(c2ncccn2)C[C@H]2OCC[C@H]21. The number of pyridine rings is 1. The quantitative estimate of drug-likeness (QED) is 0.896. The summed E-state index contributed by atoms with van der Waals surface area (Å²) in [7, 11) is 0. The summed E-state index contributed by atoms with van der Waals surface area (Å²) in [6.07, 6.45) is 7.94. The Labute approximate surface area is 146 Å². The van der Waals surface area contributed by atoms with E-state index < -0.39 is 0 Å². The Morgan fingerprint density at radius 1 is 1.24 bits per heavy atom. The van der Waals surface area contributed by atoms with Crippen molar-refractivity contribution >= 4 is 11.9 Å². The van der Waals surface area contributed by atoms with E-state index in [0.29, 0.717) is 25.6 Å². The molecule has 4 rings (SSSR count). The Morgan fingerprint density at radius 2 is 2.12 bits per heavy atom. The number of rotatable bonds is 4. The molecule has 1 amide bonds. The summed E-state index contributed by atoms with van der Waals surface area (Å²) in [5.41, 5.74) is 0.995. The number of anilines is 1. The number of nitrogens with zero attached hydrogens (tertiary/aromatic N) is 4. The molecule has 2 fully saturated rings. The van der Waals surface area contributed by atoms with E-state index in [1.807, 2.05) is 12.1 Å². The molecule has 3 atom stereocenters. The Kier molecular flexibility index (Phi) is 4.56. The van der Waals surface area contributed by atoms with Crippen LogP contribution in [0.1, 0.15) is 12.0 Å². The lowest BCUT2D eigenvalue weighted by molar-refractivity contribution is -0.128. The summed E-state index contributed by atoms with van der Waals surface area (Å²) < 4.78 is 5.86. The van der Waals surface area contributed by atoms with E-state index in [9.17, 15) is 4.79 Å². The summed E-state index contributed by atoms with van der Waals surface area (Å²) in [5, 5.41) is 3.05. The highest BCUT2D eigenvalue weighted by molar-refractivity contribution is 5.80. The van der Waals surface area contributed by atoms with Crippen molar-refractivity contribution in [2.45, 2.75) is 19.1 Å². The van der Waals surface area contributed by atoms with Crippen molar-refractivity contribution in [3.63, 3.8) is 0 Å². The molecule has 130 valence electrons. The van der Waals surface area contributed by atoms with Gasteiger partial charge in [0.15, 0.2) is 0 Å². The van der Waals surface area contributed by atoms with Gasteiger partial charge in [-0.3, -0.25) is 9.78 Å². The Morgan fingerprint density at radius 3 is 2.92 bits per heavy atom. The molecule has 1 N–H and O–H groups in total. The van der Waals surface area contributed by atoms with Gasteiger partial charge in [0.25, 0.3) is 0 Å². The minimum Gasteiger partial charge on any atom is -0.376 e. The molecule has 2 aromatic heterocycles. The Bertz CT molecular complexity index is 712. The van der Waals surface area contributed by atoms with E-state index in [4.69, 9.17) is 4.74 Å². The number of hydrogen-bond acceptors (Lipinski definition) is 6. The van der Waals surface area contributed by atoms with E-state index in [2.05, 4.69) is 25.2 Å². The van der Waals surface area contributed by atoms with Crippen molar-refractivity contribution in [2.24, 2.45) is 11.8 Å². The number of ether oxygens (including phenoxy) is 1. The Hall–Kier alpha value is -2.54. The minimum absolute atomic E-state index is 0.0602. The zero-order chi connectivity index (χ0) is 17.1. The van der Waals surface area contributed by atoms with Crippen molar-refractivity contribution in [1.82, 2.24) is 20.3 Å². The lowest BCUT2D eigenvalue weighted by atomic mass is 9.82. The van der Waals surface area contributed by atoms with Crippen LogP contribution in [0, 0.1) is 11.8 Å². The topological polar surface area (TPSA) is 80.2 Å². The number of fused-ring (bicyclic) bond motifs is 1. The normalized spacial score (nSPS) is 25.4. The van der Waals surface area contributed by atoms with Gasteiger partial charge in [-0.1, -0.05) is 6.07 Å². The zero-order valence-corrected chi connectivity index (χ0v) is 13.9. The molecule has 0 unspecified atom stereocenters. The fraction of sp³-hybridized carbons (Fsp3) is 0.444. The first-order chi connectivity index (χ1) is 12.3. The second kappa shape index (κ2) is 7.14. The highest BCUT2D eigenvalue weighted by atomic mass is 16.5. The third-order valence-corrected chi connectivity index (χ3v) is 4.96. The molecule has 7 nitrogen and oxygen atoms in total. The van der Waals surface area contributed by atoms with Crippen LogP contribution >= 0.6 is 0 Å². The van der Waals surface area contributed by atoms with Gasteiger partial charge in [0, 0.05) is 56.9 Å². The predicted molar refractivity (Wildman–Crippen MR) is 91.7 cm³/mol. The molecule has 2 saturated heterocycles. The van der Waals surface area contributed by atoms with Gasteiger partial charge >= 0.3 is 0 Å². The standard InChI is InChI=1S/C18H21N5O2/c24-17(22-10-13-3-1-5-19-9-13)15-11-23(18-20-6-2-7-21-18)12-16-14(15)4-8-25-16/h1-3,5-7,9,14-16H,4,8,10-12H2,(H,22,24)/t14-,15+,16+/m0/s1. The third-order valence-electron chi connectivity index (χ3n) is 4.96. The molecule has 0 aliphatic carbocycles. The van der Waals surface area contributed by atoms with Crippen molar-refractivity contribution in [3.8, 4) is 0 Å². The summed E-state index contributed by atoms with van der Waals surface area (Å²) in [5.74, 6) is 0.849. The lowest BCUT2D eigenvalue weighted by Crippen LogP contribution is -2.53. The number of piperidine rings is 1. The van der Waals surface area contributed by atoms with Gasteiger partial charge in [0.1, 0.15) is 0 Å². The van der Waals surface area contributed by atoms with E-state index in [1.165, 1.54) is 0 Å². The van der Waals surface area contributed by atoms with Crippen LogP contribution in [0.2, 0.25) is 0 Å². The molecule has 0 bridgehead atoms. The van der Waals surface area contributed by atoms with Crippen LogP contribution in [0.5, 0.6) is 0 Å². The van der Waals surface area contributed by atoms with Gasteiger partial charge < -0.3 is 15.0 Å². The van der Waals surface area contributed by atoms with Crippen molar-refractivity contribution < 1.29 is 9.53 Å². The number of aromatic nitrogens is 3. The molecular formula is C18H21N5O2. The van der Waals surface area contributed by atoms with E-state index in [1.54, 1.807) is 30.9 Å². The summed E-state index contributed by atoms with van der Waals surface area (Å²) >= 11 is 0. The van der Waals surface area contributed by atoms with Gasteiger partial charge in [-0.05, 0) is 24.1 Å². The first-order valence-electron chi connectivity index (χ1n) is 8.61. The molecule has 0 saturated carbocycles. The van der Waals surface area contributed by atoms with Gasteiger partial charge in [0.05, 0.1) is 12.0 Å². The highest BCUT2D eigenvalue weighted by Gasteiger charge is 2.44. The minimum atomic E-state index is -0.123. The fourth-order valence-electron chi connectivity index (χ4n) is 3.70. The van der Waals surface area contributed by atoms with Gasteiger partial charge in [-0.25, -0.2) is 9.97 Å². The van der Waals surface area contributed by atoms with Crippen molar-refractivity contribution in [2.75, 3.05) is 24.6 Å². The largest absolute Gasteiger partial charge is 0.376 e. The molecule has 4 heterocycles. The molecule has 0 radical (unpaired) electrons. The monoisotopic (exact) mass is 339 g/mol. The second-order valence-corrected chi connectivity index (χ2v) is 6.50. The molecule has 0 aromatic carbocycles. The van der Waals surface area contributed by atoms with E-state index in [-0.39, 0.29) is 23.8 Å². The number of amides is 1. The van der Waals surface area contributed by atoms with Crippen LogP contribution in [-0.2, 0) is 16.1 Å². The van der Waals surface area contributed by atoms with Gasteiger partial charge in [-0.15, -0.1) is 0 Å². The molecule has 0 spiro atoms. The lowest BCUT2D eigenvalue weighted by Gasteiger charge is -2.39. The maximum atomic E-state index is 12.8. The van der Waals surface area contributed by atoms with Crippen LogP contribution in [0.3, 0.4) is 0 Å². The van der Waals surface area contributed by atoms with E-state index in [0.717, 1.165) is 18.5 Å². The zero-order valence-electron chi connectivity index (χ0n) is 13.9. The molecule has 25 heavy (non-hydrogen) atoms. The first kappa shape index (κ1) is 16.0. The summed E-state index contributed by atoms with van der Waals surface area (Å²) in [6.45, 7) is 2.56. The summed E-state index contributed by atoms with van der Waals surface area (Å²) in [4.78, 5) is 27.6. The second-order valence-electron chi connectivity index (χ2n) is 6.50. The number of carbonyl (C=O) groups excluding carboxylic acids is 1. The third kappa shape index (κ3) is 3.46. The van der Waals surface area contributed by atoms with E-state index >= 15 is 0 Å². The average Bonchev–Trinajstić information content (AvgIpc) is 3.15. The first-order valence-corrected chi connectivity index (χ1v) is 8.61. The van der Waals surface area contributed by atoms with Crippen LogP contribution in [0.4, 0.5) is 5.95 Å². The van der Waals surface area contributed by atoms with Crippen LogP contribution < -0.4 is 10.2 Å². The molecule has 2 aromatic rings. The molecule has 2 aliphatic heterocycles. The maximum Gasteiger partial charge on any atom is 0.225 e. The van der Waals surface area contributed by atoms with Crippen molar-refractivity contribution in [3.05, 3.63) is 48.5 Å². The van der Waals surface area contributed by atoms with Gasteiger partial charge in [-0.2, -0.15) is 0 Å². The molecule has 2 aliphatic rings. The van der Waals surface area contributed by atoms with Crippen LogP contribution in [0.15, 0.2) is 43.0 Å². The van der Waals surface area contributed by atoms with Crippen molar-refractivity contribution in [1.29, 1.82) is 0 Å². The highest BCUT2D eigenvalue weighted by Crippen LogP contribution is 2.34. The Balaban J connectivity index is 1.47. The van der Waals surface area contributed by atoms with Crippen LogP contribution in [0.25, 0.3) is 0 Å². The molecule has 7 heteroatoms.